The largest absolute Gasteiger partial charge is 0.354 e. The molecular formula is C20H21ClN4OS. The molecule has 0 radical (unpaired) electrons. The van der Waals surface area contributed by atoms with Gasteiger partial charge in [0.15, 0.2) is 10.6 Å². The maximum absolute atomic E-state index is 12.5. The fraction of sp³-hybridized carbons (Fsp3) is 0.250. The van der Waals surface area contributed by atoms with Crippen molar-refractivity contribution in [1.82, 2.24) is 20.1 Å². The van der Waals surface area contributed by atoms with Gasteiger partial charge in [0.1, 0.15) is 6.54 Å². The van der Waals surface area contributed by atoms with Gasteiger partial charge in [-0.05, 0) is 48.5 Å². The van der Waals surface area contributed by atoms with E-state index in [0.717, 1.165) is 12.0 Å². The van der Waals surface area contributed by atoms with E-state index in [2.05, 4.69) is 34.6 Å². The van der Waals surface area contributed by atoms with Gasteiger partial charge in [0, 0.05) is 23.0 Å². The molecule has 5 nitrogen and oxygen atoms in total. The average Bonchev–Trinajstić information content (AvgIpc) is 3.04. The summed E-state index contributed by atoms with van der Waals surface area (Å²) in [5.41, 5.74) is 2.07. The van der Waals surface area contributed by atoms with Gasteiger partial charge in [-0.3, -0.25) is 14.5 Å². The Morgan fingerprint density at radius 3 is 2.59 bits per heavy atom. The first kappa shape index (κ1) is 19.3. The molecule has 0 aliphatic carbocycles. The van der Waals surface area contributed by atoms with Crippen LogP contribution in [0.25, 0.3) is 11.4 Å². The third-order valence-electron chi connectivity index (χ3n) is 4.47. The van der Waals surface area contributed by atoms with E-state index in [0.29, 0.717) is 22.2 Å². The topological polar surface area (TPSA) is 62.7 Å². The lowest BCUT2D eigenvalue weighted by Crippen LogP contribution is -2.31. The van der Waals surface area contributed by atoms with Crippen molar-refractivity contribution < 1.29 is 4.79 Å². The molecule has 0 aliphatic heterocycles. The fourth-order valence-electron chi connectivity index (χ4n) is 2.94. The average molecular weight is 401 g/mol. The summed E-state index contributed by atoms with van der Waals surface area (Å²) in [6, 6.07) is 17.5. The second-order valence-corrected chi connectivity index (χ2v) is 7.09. The zero-order valence-corrected chi connectivity index (χ0v) is 16.6. The number of carbonyl (C=O) groups is 1. The van der Waals surface area contributed by atoms with Crippen molar-refractivity contribution in [2.45, 2.75) is 25.8 Å². The summed E-state index contributed by atoms with van der Waals surface area (Å²) in [5, 5.41) is 10.7. The fourth-order valence-corrected chi connectivity index (χ4v) is 3.27. The molecular weight excluding hydrogens is 380 g/mol. The van der Waals surface area contributed by atoms with Crippen molar-refractivity contribution in [1.29, 1.82) is 0 Å². The highest BCUT2D eigenvalue weighted by Gasteiger charge is 2.14. The molecule has 3 rings (SSSR count). The van der Waals surface area contributed by atoms with E-state index < -0.39 is 0 Å². The van der Waals surface area contributed by atoms with Crippen molar-refractivity contribution in [2.24, 2.45) is 0 Å². The minimum Gasteiger partial charge on any atom is -0.354 e. The number of amides is 1. The quantitative estimate of drug-likeness (QED) is 0.571. The van der Waals surface area contributed by atoms with E-state index in [1.54, 1.807) is 16.7 Å². The summed E-state index contributed by atoms with van der Waals surface area (Å²) < 4.78 is 2.10. The highest BCUT2D eigenvalue weighted by atomic mass is 35.5. The molecule has 0 fully saturated rings. The number of aromatic amines is 1. The van der Waals surface area contributed by atoms with Gasteiger partial charge in [0.2, 0.25) is 5.91 Å². The molecule has 0 saturated carbocycles. The van der Waals surface area contributed by atoms with Crippen LogP contribution in [0.1, 0.15) is 24.8 Å². The second kappa shape index (κ2) is 8.97. The molecule has 27 heavy (non-hydrogen) atoms. The Morgan fingerprint density at radius 2 is 1.93 bits per heavy atom. The first-order valence-electron chi connectivity index (χ1n) is 8.81. The minimum absolute atomic E-state index is 0.0999. The number of hydrogen-bond donors (Lipinski definition) is 2. The van der Waals surface area contributed by atoms with E-state index in [4.69, 9.17) is 23.8 Å². The van der Waals surface area contributed by atoms with Crippen LogP contribution in [0.5, 0.6) is 0 Å². The van der Waals surface area contributed by atoms with Crippen LogP contribution in [-0.2, 0) is 11.3 Å². The number of nitrogens with one attached hydrogen (secondary N) is 2. The summed E-state index contributed by atoms with van der Waals surface area (Å²) >= 11 is 11.2. The molecule has 0 bridgehead atoms. The molecule has 0 saturated heterocycles. The number of halogens is 1. The highest BCUT2D eigenvalue weighted by Crippen LogP contribution is 2.20. The zero-order chi connectivity index (χ0) is 19.2. The molecule has 1 aromatic heterocycles. The monoisotopic (exact) mass is 400 g/mol. The minimum atomic E-state index is -0.0999. The van der Waals surface area contributed by atoms with Crippen LogP contribution in [0.4, 0.5) is 0 Å². The number of H-pyrrole nitrogens is 1. The standard InChI is InChI=1S/C20H21ClN4OS/c1-2-14(15-6-4-3-5-7-15)12-22-18(26)13-25-19(23-24-20(25)27)16-8-10-17(21)11-9-16/h3-11,14H,2,12-13H2,1H3,(H,22,26)(H,24,27)/t14-/m0/s1. The van der Waals surface area contributed by atoms with Crippen LogP contribution in [0.15, 0.2) is 54.6 Å². The molecule has 0 unspecified atom stereocenters. The lowest BCUT2D eigenvalue weighted by Gasteiger charge is -2.16. The van der Waals surface area contributed by atoms with Gasteiger partial charge in [-0.25, -0.2) is 0 Å². The Hall–Kier alpha value is -2.44. The summed E-state index contributed by atoms with van der Waals surface area (Å²) in [4.78, 5) is 12.5. The van der Waals surface area contributed by atoms with Crippen LogP contribution in [0, 0.1) is 4.77 Å². The molecule has 0 spiro atoms. The van der Waals surface area contributed by atoms with Crippen molar-refractivity contribution >= 4 is 29.7 Å². The van der Waals surface area contributed by atoms with Gasteiger partial charge in [0.25, 0.3) is 0 Å². The van der Waals surface area contributed by atoms with Crippen molar-refractivity contribution in [3.05, 3.63) is 70.0 Å². The van der Waals surface area contributed by atoms with E-state index in [-0.39, 0.29) is 18.4 Å². The van der Waals surface area contributed by atoms with Gasteiger partial charge in [0.05, 0.1) is 0 Å². The van der Waals surface area contributed by atoms with E-state index in [1.165, 1.54) is 5.56 Å². The van der Waals surface area contributed by atoms with Crippen molar-refractivity contribution in [3.63, 3.8) is 0 Å². The van der Waals surface area contributed by atoms with Gasteiger partial charge in [-0.15, -0.1) is 0 Å². The van der Waals surface area contributed by atoms with Gasteiger partial charge in [-0.1, -0.05) is 48.9 Å². The lowest BCUT2D eigenvalue weighted by molar-refractivity contribution is -0.121. The molecule has 1 atom stereocenters. The predicted molar refractivity (Wildman–Crippen MR) is 110 cm³/mol. The third-order valence-corrected chi connectivity index (χ3v) is 5.04. The summed E-state index contributed by atoms with van der Waals surface area (Å²) in [7, 11) is 0. The van der Waals surface area contributed by atoms with Crippen LogP contribution in [0.2, 0.25) is 5.02 Å². The number of carbonyl (C=O) groups excluding carboxylic acids is 1. The number of rotatable bonds is 7. The number of benzene rings is 2. The molecule has 2 aromatic carbocycles. The maximum atomic E-state index is 12.5. The van der Waals surface area contributed by atoms with E-state index >= 15 is 0 Å². The maximum Gasteiger partial charge on any atom is 0.240 e. The summed E-state index contributed by atoms with van der Waals surface area (Å²) in [6.07, 6.45) is 0.950. The zero-order valence-electron chi connectivity index (χ0n) is 15.0. The number of nitrogens with zero attached hydrogens (tertiary/aromatic N) is 2. The Balaban J connectivity index is 1.69. The molecule has 2 N–H and O–H groups in total. The van der Waals surface area contributed by atoms with Crippen LogP contribution in [-0.4, -0.2) is 27.2 Å². The Kier molecular flexibility index (Phi) is 6.42. The lowest BCUT2D eigenvalue weighted by atomic mass is 9.96. The van der Waals surface area contributed by atoms with Crippen molar-refractivity contribution in [3.8, 4) is 11.4 Å². The van der Waals surface area contributed by atoms with Crippen molar-refractivity contribution in [2.75, 3.05) is 6.54 Å². The smallest absolute Gasteiger partial charge is 0.240 e. The molecule has 3 aromatic rings. The van der Waals surface area contributed by atoms with Crippen LogP contribution >= 0.6 is 23.8 Å². The SMILES string of the molecule is CC[C@@H](CNC(=O)Cn1c(-c2ccc(Cl)cc2)n[nH]c1=S)c1ccccc1. The molecule has 140 valence electrons. The van der Waals surface area contributed by atoms with E-state index in [9.17, 15) is 4.79 Å². The van der Waals surface area contributed by atoms with Gasteiger partial charge >= 0.3 is 0 Å². The van der Waals surface area contributed by atoms with Gasteiger partial charge < -0.3 is 5.32 Å². The second-order valence-electron chi connectivity index (χ2n) is 6.27. The summed E-state index contributed by atoms with van der Waals surface area (Å²) in [6.45, 7) is 2.81. The molecule has 7 heteroatoms. The van der Waals surface area contributed by atoms with Crippen LogP contribution < -0.4 is 5.32 Å². The summed E-state index contributed by atoms with van der Waals surface area (Å²) in [5.74, 6) is 0.794. The van der Waals surface area contributed by atoms with Gasteiger partial charge in [-0.2, -0.15) is 5.10 Å². The normalized spacial score (nSPS) is 11.9. The molecule has 1 amide bonds. The number of aromatic nitrogens is 3. The van der Waals surface area contributed by atoms with E-state index in [1.807, 2.05) is 30.3 Å². The first-order valence-corrected chi connectivity index (χ1v) is 9.60. The first-order chi connectivity index (χ1) is 13.1. The number of hydrogen-bond acceptors (Lipinski definition) is 3. The third kappa shape index (κ3) is 4.84. The molecule has 0 aliphatic rings. The highest BCUT2D eigenvalue weighted by molar-refractivity contribution is 7.71. The Bertz CT molecular complexity index is 950. The Labute approximate surface area is 168 Å². The van der Waals surface area contributed by atoms with Crippen LogP contribution in [0.3, 0.4) is 0 Å². The predicted octanol–water partition coefficient (Wildman–Crippen LogP) is 4.57. The molecule has 1 heterocycles. The Morgan fingerprint density at radius 1 is 1.22 bits per heavy atom.